The SMILES string of the molecule is C=C/C(=C(\C)c1ccc(C)c(C=C)c1)c1nncn1C. The van der Waals surface area contributed by atoms with Crippen LogP contribution in [0.25, 0.3) is 17.2 Å². The molecule has 1 aromatic carbocycles. The van der Waals surface area contributed by atoms with Crippen LogP contribution in [0.5, 0.6) is 0 Å². The van der Waals surface area contributed by atoms with E-state index in [0.29, 0.717) is 0 Å². The van der Waals surface area contributed by atoms with Crippen molar-refractivity contribution in [2.75, 3.05) is 0 Å². The molecule has 0 fully saturated rings. The van der Waals surface area contributed by atoms with Gasteiger partial charge in [-0.15, -0.1) is 10.2 Å². The summed E-state index contributed by atoms with van der Waals surface area (Å²) in [6, 6.07) is 6.35. The van der Waals surface area contributed by atoms with Crippen molar-refractivity contribution in [3.63, 3.8) is 0 Å². The summed E-state index contributed by atoms with van der Waals surface area (Å²) in [4.78, 5) is 0. The summed E-state index contributed by atoms with van der Waals surface area (Å²) >= 11 is 0. The molecule has 102 valence electrons. The van der Waals surface area contributed by atoms with Crippen LogP contribution < -0.4 is 0 Å². The predicted molar refractivity (Wildman–Crippen MR) is 85.0 cm³/mol. The molecule has 0 saturated carbocycles. The zero-order chi connectivity index (χ0) is 14.7. The van der Waals surface area contributed by atoms with Gasteiger partial charge in [0.15, 0.2) is 5.82 Å². The molecule has 0 radical (unpaired) electrons. The van der Waals surface area contributed by atoms with Crippen LogP contribution in [0.1, 0.15) is 29.4 Å². The average Bonchev–Trinajstić information content (AvgIpc) is 2.86. The highest BCUT2D eigenvalue weighted by atomic mass is 15.2. The van der Waals surface area contributed by atoms with E-state index in [1.807, 2.05) is 23.8 Å². The minimum absolute atomic E-state index is 0.818. The van der Waals surface area contributed by atoms with Crippen molar-refractivity contribution in [3.05, 3.63) is 66.3 Å². The third-order valence-electron chi connectivity index (χ3n) is 3.49. The molecule has 0 aliphatic carbocycles. The molecular weight excluding hydrogens is 246 g/mol. The lowest BCUT2D eigenvalue weighted by molar-refractivity contribution is 0.891. The Bertz CT molecular complexity index is 690. The van der Waals surface area contributed by atoms with Crippen molar-refractivity contribution in [2.24, 2.45) is 7.05 Å². The summed E-state index contributed by atoms with van der Waals surface area (Å²) in [5.41, 5.74) is 5.62. The van der Waals surface area contributed by atoms with E-state index in [2.05, 4.69) is 55.4 Å². The lowest BCUT2D eigenvalue weighted by Gasteiger charge is -2.10. The van der Waals surface area contributed by atoms with E-state index < -0.39 is 0 Å². The van der Waals surface area contributed by atoms with Gasteiger partial charge in [-0.1, -0.05) is 37.4 Å². The van der Waals surface area contributed by atoms with Crippen molar-refractivity contribution in [1.29, 1.82) is 0 Å². The quantitative estimate of drug-likeness (QED) is 0.785. The second kappa shape index (κ2) is 5.70. The number of aromatic nitrogens is 3. The normalized spacial score (nSPS) is 11.9. The van der Waals surface area contributed by atoms with E-state index in [-0.39, 0.29) is 0 Å². The van der Waals surface area contributed by atoms with Crippen molar-refractivity contribution in [2.45, 2.75) is 13.8 Å². The lowest BCUT2D eigenvalue weighted by atomic mass is 9.97. The number of rotatable bonds is 4. The Labute approximate surface area is 120 Å². The maximum Gasteiger partial charge on any atom is 0.163 e. The van der Waals surface area contributed by atoms with Gasteiger partial charge in [0, 0.05) is 12.6 Å². The number of benzene rings is 1. The third kappa shape index (κ3) is 2.48. The molecule has 0 bridgehead atoms. The molecule has 2 rings (SSSR count). The Hall–Kier alpha value is -2.42. The summed E-state index contributed by atoms with van der Waals surface area (Å²) in [7, 11) is 1.93. The summed E-state index contributed by atoms with van der Waals surface area (Å²) in [6.07, 6.45) is 5.39. The predicted octanol–water partition coefficient (Wildman–Crippen LogP) is 3.88. The Morgan fingerprint density at radius 2 is 2.05 bits per heavy atom. The first-order chi connectivity index (χ1) is 9.58. The van der Waals surface area contributed by atoms with Crippen LogP contribution in [0.4, 0.5) is 0 Å². The van der Waals surface area contributed by atoms with Crippen molar-refractivity contribution in [1.82, 2.24) is 14.8 Å². The fraction of sp³-hybridized carbons (Fsp3) is 0.176. The van der Waals surface area contributed by atoms with E-state index in [4.69, 9.17) is 0 Å². The highest BCUT2D eigenvalue weighted by molar-refractivity contribution is 5.93. The van der Waals surface area contributed by atoms with Gasteiger partial charge in [-0.2, -0.15) is 0 Å². The van der Waals surface area contributed by atoms with E-state index in [1.54, 1.807) is 6.33 Å². The van der Waals surface area contributed by atoms with Crippen molar-refractivity contribution >= 4 is 17.2 Å². The molecule has 3 heteroatoms. The maximum atomic E-state index is 4.16. The zero-order valence-electron chi connectivity index (χ0n) is 12.2. The van der Waals surface area contributed by atoms with Crippen LogP contribution in [0, 0.1) is 6.92 Å². The highest BCUT2D eigenvalue weighted by Crippen LogP contribution is 2.27. The van der Waals surface area contributed by atoms with Gasteiger partial charge in [0.25, 0.3) is 0 Å². The molecule has 2 aromatic rings. The van der Waals surface area contributed by atoms with Gasteiger partial charge in [-0.05, 0) is 42.2 Å². The van der Waals surface area contributed by atoms with Gasteiger partial charge in [0.05, 0.1) is 0 Å². The molecule has 0 amide bonds. The van der Waals surface area contributed by atoms with Crippen LogP contribution in [0.15, 0.2) is 43.8 Å². The Kier molecular flexibility index (Phi) is 3.99. The van der Waals surface area contributed by atoms with Gasteiger partial charge in [0.2, 0.25) is 0 Å². The van der Waals surface area contributed by atoms with Gasteiger partial charge < -0.3 is 4.57 Å². The van der Waals surface area contributed by atoms with Gasteiger partial charge in [-0.3, -0.25) is 0 Å². The molecule has 0 atom stereocenters. The number of hydrogen-bond donors (Lipinski definition) is 0. The van der Waals surface area contributed by atoms with Crippen LogP contribution in [-0.4, -0.2) is 14.8 Å². The van der Waals surface area contributed by atoms with Crippen LogP contribution >= 0.6 is 0 Å². The van der Waals surface area contributed by atoms with Gasteiger partial charge >= 0.3 is 0 Å². The van der Waals surface area contributed by atoms with Crippen LogP contribution in [0.3, 0.4) is 0 Å². The zero-order valence-corrected chi connectivity index (χ0v) is 12.2. The first-order valence-electron chi connectivity index (χ1n) is 6.49. The Balaban J connectivity index is 2.60. The fourth-order valence-corrected chi connectivity index (χ4v) is 2.19. The van der Waals surface area contributed by atoms with Crippen molar-refractivity contribution in [3.8, 4) is 0 Å². The largest absolute Gasteiger partial charge is 0.317 e. The molecule has 1 heterocycles. The smallest absolute Gasteiger partial charge is 0.163 e. The van der Waals surface area contributed by atoms with Gasteiger partial charge in [-0.25, -0.2) is 0 Å². The maximum absolute atomic E-state index is 4.16. The fourth-order valence-electron chi connectivity index (χ4n) is 2.19. The monoisotopic (exact) mass is 265 g/mol. The first-order valence-corrected chi connectivity index (χ1v) is 6.49. The summed E-state index contributed by atoms with van der Waals surface area (Å²) in [5.74, 6) is 0.818. The van der Waals surface area contributed by atoms with Crippen molar-refractivity contribution < 1.29 is 0 Å². The minimum atomic E-state index is 0.818. The summed E-state index contributed by atoms with van der Waals surface area (Å²) in [6.45, 7) is 11.9. The molecule has 1 aromatic heterocycles. The Morgan fingerprint density at radius 3 is 2.60 bits per heavy atom. The molecule has 0 N–H and O–H groups in total. The number of allylic oxidation sites excluding steroid dienone is 3. The Morgan fingerprint density at radius 1 is 1.30 bits per heavy atom. The lowest BCUT2D eigenvalue weighted by Crippen LogP contribution is -1.97. The minimum Gasteiger partial charge on any atom is -0.317 e. The number of nitrogens with zero attached hydrogens (tertiary/aromatic N) is 3. The molecular formula is C17H19N3. The molecule has 0 aliphatic heterocycles. The standard InChI is InChI=1S/C17H19N3/c1-6-14-10-15(9-8-12(14)3)13(4)16(7-2)17-19-18-11-20(17)5/h6-11H,1-2H2,3-5H3/b16-13-. The molecule has 20 heavy (non-hydrogen) atoms. The van der Waals surface area contributed by atoms with E-state index >= 15 is 0 Å². The van der Waals surface area contributed by atoms with E-state index in [9.17, 15) is 0 Å². The second-order valence-corrected chi connectivity index (χ2v) is 4.78. The summed E-state index contributed by atoms with van der Waals surface area (Å²) in [5, 5.41) is 8.09. The number of aryl methyl sites for hydroxylation is 2. The molecule has 0 unspecified atom stereocenters. The second-order valence-electron chi connectivity index (χ2n) is 4.78. The highest BCUT2D eigenvalue weighted by Gasteiger charge is 2.10. The first kappa shape index (κ1) is 14.0. The topological polar surface area (TPSA) is 30.7 Å². The van der Waals surface area contributed by atoms with Crippen LogP contribution in [-0.2, 0) is 7.05 Å². The van der Waals surface area contributed by atoms with Crippen LogP contribution in [0.2, 0.25) is 0 Å². The molecule has 0 spiro atoms. The number of hydrogen-bond acceptors (Lipinski definition) is 2. The van der Waals surface area contributed by atoms with Gasteiger partial charge in [0.1, 0.15) is 6.33 Å². The van der Waals surface area contributed by atoms with E-state index in [0.717, 1.165) is 28.1 Å². The molecule has 0 saturated heterocycles. The average molecular weight is 265 g/mol. The molecule has 3 nitrogen and oxygen atoms in total. The molecule has 0 aliphatic rings. The summed E-state index contributed by atoms with van der Waals surface area (Å²) < 4.78 is 1.89. The third-order valence-corrected chi connectivity index (χ3v) is 3.49. The van der Waals surface area contributed by atoms with E-state index in [1.165, 1.54) is 5.56 Å².